The third kappa shape index (κ3) is 1.52. The molecule has 1 heterocycles. The van der Waals surface area contributed by atoms with E-state index in [-0.39, 0.29) is 6.04 Å². The van der Waals surface area contributed by atoms with E-state index in [0.717, 1.165) is 12.0 Å². The highest BCUT2D eigenvalue weighted by Gasteiger charge is 2.12. The zero-order chi connectivity index (χ0) is 9.10. The fraction of sp³-hybridized carbons (Fsp3) is 0.200. The van der Waals surface area contributed by atoms with Crippen molar-refractivity contribution in [2.45, 2.75) is 12.5 Å². The van der Waals surface area contributed by atoms with Crippen LogP contribution in [0.5, 0.6) is 0 Å². The van der Waals surface area contributed by atoms with Crippen LogP contribution in [0.4, 0.5) is 5.69 Å². The minimum Gasteiger partial charge on any atom is -0.303 e. The van der Waals surface area contributed by atoms with E-state index in [1.807, 2.05) is 30.5 Å². The Balaban J connectivity index is 2.26. The summed E-state index contributed by atoms with van der Waals surface area (Å²) in [7, 11) is 0. The van der Waals surface area contributed by atoms with Crippen molar-refractivity contribution in [1.29, 1.82) is 0 Å². The second-order valence-corrected chi connectivity index (χ2v) is 2.94. The maximum absolute atomic E-state index is 6.88. The van der Waals surface area contributed by atoms with Gasteiger partial charge in [-0.3, -0.25) is 0 Å². The van der Waals surface area contributed by atoms with Gasteiger partial charge >= 0.3 is 0 Å². The second-order valence-electron chi connectivity index (χ2n) is 2.94. The maximum atomic E-state index is 6.88. The Bertz CT molecular complexity index is 368. The molecule has 0 aliphatic carbocycles. The van der Waals surface area contributed by atoms with Crippen LogP contribution < -0.4 is 5.43 Å². The Hall–Kier alpha value is -1.82. The van der Waals surface area contributed by atoms with E-state index in [4.69, 9.17) is 6.57 Å². The highest BCUT2D eigenvalue weighted by molar-refractivity contribution is 5.61. The van der Waals surface area contributed by atoms with Crippen LogP contribution in [0.3, 0.4) is 0 Å². The van der Waals surface area contributed by atoms with Crippen molar-refractivity contribution in [1.82, 2.24) is 5.43 Å². The number of nitrogens with zero attached hydrogens (tertiary/aromatic N) is 2. The molecule has 2 rings (SSSR count). The van der Waals surface area contributed by atoms with Crippen molar-refractivity contribution in [2.24, 2.45) is 5.10 Å². The Labute approximate surface area is 76.9 Å². The highest BCUT2D eigenvalue weighted by Crippen LogP contribution is 2.23. The van der Waals surface area contributed by atoms with Crippen LogP contribution in [0, 0.1) is 6.57 Å². The van der Waals surface area contributed by atoms with Gasteiger partial charge in [-0.25, -0.2) is 4.85 Å². The molecule has 3 nitrogen and oxygen atoms in total. The van der Waals surface area contributed by atoms with E-state index in [1.165, 1.54) is 0 Å². The van der Waals surface area contributed by atoms with Crippen molar-refractivity contribution in [3.63, 3.8) is 0 Å². The molecule has 0 radical (unpaired) electrons. The van der Waals surface area contributed by atoms with Crippen LogP contribution in [-0.4, -0.2) is 6.21 Å². The van der Waals surface area contributed by atoms with Gasteiger partial charge in [-0.05, 0) is 5.56 Å². The number of nitrogens with one attached hydrogen (secondary N) is 1. The number of rotatable bonds is 1. The van der Waals surface area contributed by atoms with E-state index in [9.17, 15) is 0 Å². The quantitative estimate of drug-likeness (QED) is 0.645. The molecule has 1 aliphatic rings. The zero-order valence-corrected chi connectivity index (χ0v) is 7.07. The molecule has 1 aliphatic heterocycles. The van der Waals surface area contributed by atoms with E-state index in [0.29, 0.717) is 5.69 Å². The van der Waals surface area contributed by atoms with Gasteiger partial charge in [-0.2, -0.15) is 5.10 Å². The van der Waals surface area contributed by atoms with E-state index >= 15 is 0 Å². The minimum atomic E-state index is 0.252. The normalized spacial score (nSPS) is 19.5. The molecular weight excluding hydrogens is 162 g/mol. The van der Waals surface area contributed by atoms with Crippen LogP contribution in [-0.2, 0) is 0 Å². The standard InChI is InChI=1S/C10H9N3/c1-11-9-4-2-3-8(7-9)10-5-6-12-13-10/h2-4,6-7,10,13H,5H2. The molecule has 0 saturated carbocycles. The monoisotopic (exact) mass is 171 g/mol. The van der Waals surface area contributed by atoms with Gasteiger partial charge in [0.05, 0.1) is 12.6 Å². The fourth-order valence-electron chi connectivity index (χ4n) is 1.38. The van der Waals surface area contributed by atoms with Gasteiger partial charge < -0.3 is 5.43 Å². The predicted molar refractivity (Wildman–Crippen MR) is 51.7 cm³/mol. The van der Waals surface area contributed by atoms with Crippen molar-refractivity contribution < 1.29 is 0 Å². The topological polar surface area (TPSA) is 28.8 Å². The van der Waals surface area contributed by atoms with Crippen LogP contribution in [0.25, 0.3) is 4.85 Å². The smallest absolute Gasteiger partial charge is 0.187 e. The number of hydrogen-bond donors (Lipinski definition) is 1. The van der Waals surface area contributed by atoms with Gasteiger partial charge in [0.2, 0.25) is 0 Å². The number of hydrazone groups is 1. The summed E-state index contributed by atoms with van der Waals surface area (Å²) in [5.74, 6) is 0. The molecule has 0 saturated heterocycles. The van der Waals surface area contributed by atoms with E-state index in [1.54, 1.807) is 0 Å². The first-order valence-corrected chi connectivity index (χ1v) is 4.14. The van der Waals surface area contributed by atoms with Crippen LogP contribution >= 0.6 is 0 Å². The molecule has 0 aromatic heterocycles. The lowest BCUT2D eigenvalue weighted by atomic mass is 10.1. The molecule has 3 heteroatoms. The summed E-state index contributed by atoms with van der Waals surface area (Å²) in [5.41, 5.74) is 4.81. The summed E-state index contributed by atoms with van der Waals surface area (Å²) in [5, 5.41) is 3.94. The largest absolute Gasteiger partial charge is 0.303 e. The SMILES string of the molecule is [C-]#[N+]c1cccc(C2CC=NN2)c1. The number of hydrogen-bond acceptors (Lipinski definition) is 2. The Morgan fingerprint density at radius 1 is 1.54 bits per heavy atom. The first-order valence-electron chi connectivity index (χ1n) is 4.14. The molecule has 1 atom stereocenters. The van der Waals surface area contributed by atoms with Gasteiger partial charge in [0.25, 0.3) is 0 Å². The third-order valence-corrected chi connectivity index (χ3v) is 2.06. The summed E-state index contributed by atoms with van der Waals surface area (Å²) >= 11 is 0. The summed E-state index contributed by atoms with van der Waals surface area (Å²) < 4.78 is 0. The Morgan fingerprint density at radius 2 is 2.46 bits per heavy atom. The lowest BCUT2D eigenvalue weighted by Crippen LogP contribution is -2.08. The van der Waals surface area contributed by atoms with Crippen molar-refractivity contribution >= 4 is 11.9 Å². The minimum absolute atomic E-state index is 0.252. The summed E-state index contributed by atoms with van der Waals surface area (Å²) in [4.78, 5) is 3.38. The average molecular weight is 171 g/mol. The molecule has 0 spiro atoms. The van der Waals surface area contributed by atoms with Gasteiger partial charge in [-0.15, -0.1) is 0 Å². The lowest BCUT2D eigenvalue weighted by Gasteiger charge is -2.09. The molecule has 1 aromatic carbocycles. The summed E-state index contributed by atoms with van der Waals surface area (Å²) in [6.45, 7) is 6.88. The first-order chi connectivity index (χ1) is 6.40. The van der Waals surface area contributed by atoms with Crippen LogP contribution in [0.15, 0.2) is 29.4 Å². The molecule has 0 fully saturated rings. The Kier molecular flexibility index (Phi) is 1.97. The predicted octanol–water partition coefficient (Wildman–Crippen LogP) is 2.26. The Morgan fingerprint density at radius 3 is 3.15 bits per heavy atom. The van der Waals surface area contributed by atoms with Crippen molar-refractivity contribution in [3.05, 3.63) is 41.2 Å². The lowest BCUT2D eigenvalue weighted by molar-refractivity contribution is 0.620. The molecule has 1 unspecified atom stereocenters. The average Bonchev–Trinajstić information content (AvgIpc) is 2.71. The molecular formula is C10H9N3. The molecule has 13 heavy (non-hydrogen) atoms. The van der Waals surface area contributed by atoms with Gasteiger partial charge in [0.1, 0.15) is 0 Å². The molecule has 0 amide bonds. The van der Waals surface area contributed by atoms with E-state index in [2.05, 4.69) is 15.4 Å². The van der Waals surface area contributed by atoms with Gasteiger partial charge in [-0.1, -0.05) is 24.3 Å². The van der Waals surface area contributed by atoms with Crippen LogP contribution in [0.1, 0.15) is 18.0 Å². The van der Waals surface area contributed by atoms with Crippen LogP contribution in [0.2, 0.25) is 0 Å². The maximum Gasteiger partial charge on any atom is 0.187 e. The molecule has 64 valence electrons. The molecule has 1 N–H and O–H groups in total. The number of benzene rings is 1. The van der Waals surface area contributed by atoms with Gasteiger partial charge in [0, 0.05) is 12.6 Å². The van der Waals surface area contributed by atoms with Crippen molar-refractivity contribution in [3.8, 4) is 0 Å². The highest BCUT2D eigenvalue weighted by atomic mass is 15.3. The summed E-state index contributed by atoms with van der Waals surface area (Å²) in [6, 6.07) is 7.89. The molecule has 0 bridgehead atoms. The third-order valence-electron chi connectivity index (χ3n) is 2.06. The van der Waals surface area contributed by atoms with Crippen molar-refractivity contribution in [2.75, 3.05) is 0 Å². The summed E-state index contributed by atoms with van der Waals surface area (Å²) in [6.07, 6.45) is 2.76. The fourth-order valence-corrected chi connectivity index (χ4v) is 1.38. The first kappa shape index (κ1) is 7.81. The molecule has 1 aromatic rings. The zero-order valence-electron chi connectivity index (χ0n) is 7.07. The van der Waals surface area contributed by atoms with Gasteiger partial charge in [0.15, 0.2) is 5.69 Å². The van der Waals surface area contributed by atoms with E-state index < -0.39 is 0 Å². The second kappa shape index (κ2) is 3.28.